The zero-order valence-electron chi connectivity index (χ0n) is 14.7. The van der Waals surface area contributed by atoms with Gasteiger partial charge >= 0.3 is 0 Å². The lowest BCUT2D eigenvalue weighted by molar-refractivity contribution is 0.398. The van der Waals surface area contributed by atoms with Crippen molar-refractivity contribution < 1.29 is 14.0 Å². The van der Waals surface area contributed by atoms with Gasteiger partial charge in [0.05, 0.1) is 30.9 Å². The number of benzene rings is 2. The third-order valence-electron chi connectivity index (χ3n) is 4.13. The van der Waals surface area contributed by atoms with E-state index in [0.29, 0.717) is 28.9 Å². The van der Waals surface area contributed by atoms with Gasteiger partial charge in [-0.2, -0.15) is 4.98 Å². The van der Waals surface area contributed by atoms with Crippen LogP contribution in [0.25, 0.3) is 33.7 Å². The summed E-state index contributed by atoms with van der Waals surface area (Å²) in [6, 6.07) is 15.5. The number of hydrogen-bond acceptors (Lipinski definition) is 6. The minimum atomic E-state index is 0.379. The number of pyridine rings is 1. The molecule has 0 fully saturated rings. The molecule has 6 nitrogen and oxygen atoms in total. The van der Waals surface area contributed by atoms with Gasteiger partial charge in [-0.1, -0.05) is 28.9 Å². The Morgan fingerprint density at radius 1 is 0.885 bits per heavy atom. The van der Waals surface area contributed by atoms with Gasteiger partial charge in [-0.05, 0) is 37.3 Å². The number of rotatable bonds is 4. The van der Waals surface area contributed by atoms with Gasteiger partial charge in [0, 0.05) is 5.39 Å². The highest BCUT2D eigenvalue weighted by Crippen LogP contribution is 2.33. The number of hydrogen-bond donors (Lipinski definition) is 0. The molecule has 4 rings (SSSR count). The molecule has 0 aliphatic rings. The van der Waals surface area contributed by atoms with Crippen LogP contribution in [-0.2, 0) is 0 Å². The van der Waals surface area contributed by atoms with Crippen molar-refractivity contribution in [3.05, 3.63) is 54.1 Å². The second-order valence-corrected chi connectivity index (χ2v) is 5.86. The average molecular weight is 347 g/mol. The largest absolute Gasteiger partial charge is 0.496 e. The molecule has 0 unspecified atom stereocenters. The van der Waals surface area contributed by atoms with Crippen LogP contribution >= 0.6 is 0 Å². The predicted octanol–water partition coefficient (Wildman–Crippen LogP) is 4.28. The average Bonchev–Trinajstić information content (AvgIpc) is 3.16. The van der Waals surface area contributed by atoms with Gasteiger partial charge < -0.3 is 14.0 Å². The van der Waals surface area contributed by atoms with E-state index in [1.165, 1.54) is 0 Å². The van der Waals surface area contributed by atoms with Crippen molar-refractivity contribution in [2.24, 2.45) is 0 Å². The fourth-order valence-corrected chi connectivity index (χ4v) is 2.86. The molecule has 130 valence electrons. The number of methoxy groups -OCH3 is 2. The zero-order chi connectivity index (χ0) is 18.1. The fraction of sp³-hybridized carbons (Fsp3) is 0.150. The summed E-state index contributed by atoms with van der Waals surface area (Å²) < 4.78 is 16.3. The molecule has 0 atom stereocenters. The number of aryl methyl sites for hydroxylation is 1. The van der Waals surface area contributed by atoms with E-state index in [1.807, 2.05) is 49.4 Å². The van der Waals surface area contributed by atoms with E-state index < -0.39 is 0 Å². The number of ether oxygens (including phenoxy) is 2. The van der Waals surface area contributed by atoms with E-state index in [2.05, 4.69) is 21.2 Å². The summed E-state index contributed by atoms with van der Waals surface area (Å²) in [5, 5.41) is 5.10. The Balaban J connectivity index is 1.84. The summed E-state index contributed by atoms with van der Waals surface area (Å²) in [6.07, 6.45) is 0. The lowest BCUT2D eigenvalue weighted by atomic mass is 10.1. The van der Waals surface area contributed by atoms with Crippen molar-refractivity contribution in [3.63, 3.8) is 0 Å². The van der Waals surface area contributed by atoms with Crippen LogP contribution in [0.3, 0.4) is 0 Å². The SMILES string of the molecule is COc1ccccc1-c1nc(-c2cc3cc(C)ccc3nc2OC)no1. The summed E-state index contributed by atoms with van der Waals surface area (Å²) in [7, 11) is 3.18. The molecule has 0 bridgehead atoms. The quantitative estimate of drug-likeness (QED) is 0.549. The highest BCUT2D eigenvalue weighted by Gasteiger charge is 2.18. The molecule has 2 aromatic heterocycles. The van der Waals surface area contributed by atoms with E-state index in [4.69, 9.17) is 14.0 Å². The first kappa shape index (κ1) is 16.1. The number of fused-ring (bicyclic) bond motifs is 1. The minimum absolute atomic E-state index is 0.379. The Hall–Kier alpha value is -3.41. The first-order valence-corrected chi connectivity index (χ1v) is 8.12. The number of aromatic nitrogens is 3. The maximum absolute atomic E-state index is 5.46. The Labute approximate surface area is 150 Å². The monoisotopic (exact) mass is 347 g/mol. The molecule has 0 amide bonds. The molecular weight excluding hydrogens is 330 g/mol. The molecule has 2 aromatic carbocycles. The van der Waals surface area contributed by atoms with Gasteiger partial charge in [-0.15, -0.1) is 0 Å². The van der Waals surface area contributed by atoms with Crippen LogP contribution in [0, 0.1) is 6.92 Å². The van der Waals surface area contributed by atoms with Gasteiger partial charge in [0.2, 0.25) is 11.7 Å². The minimum Gasteiger partial charge on any atom is -0.496 e. The zero-order valence-corrected chi connectivity index (χ0v) is 14.7. The van der Waals surface area contributed by atoms with E-state index in [0.717, 1.165) is 22.0 Å². The lowest BCUT2D eigenvalue weighted by Crippen LogP contribution is -1.94. The summed E-state index contributed by atoms with van der Waals surface area (Å²) >= 11 is 0. The van der Waals surface area contributed by atoms with Crippen LogP contribution < -0.4 is 9.47 Å². The molecule has 0 saturated carbocycles. The third-order valence-corrected chi connectivity index (χ3v) is 4.13. The van der Waals surface area contributed by atoms with Gasteiger partial charge in [0.15, 0.2) is 0 Å². The summed E-state index contributed by atoms with van der Waals surface area (Å²) in [5.74, 6) is 1.91. The molecule has 6 heteroatoms. The van der Waals surface area contributed by atoms with Gasteiger partial charge in [0.25, 0.3) is 5.89 Å². The summed E-state index contributed by atoms with van der Waals surface area (Å²) in [5.41, 5.74) is 3.41. The highest BCUT2D eigenvalue weighted by molar-refractivity contribution is 5.85. The van der Waals surface area contributed by atoms with E-state index in [-0.39, 0.29) is 0 Å². The van der Waals surface area contributed by atoms with Crippen LogP contribution in [-0.4, -0.2) is 29.3 Å². The Morgan fingerprint density at radius 3 is 2.54 bits per heavy atom. The topological polar surface area (TPSA) is 70.3 Å². The smallest absolute Gasteiger partial charge is 0.262 e. The van der Waals surface area contributed by atoms with Crippen molar-refractivity contribution in [2.75, 3.05) is 14.2 Å². The van der Waals surface area contributed by atoms with Gasteiger partial charge in [-0.3, -0.25) is 0 Å². The van der Waals surface area contributed by atoms with Crippen molar-refractivity contribution >= 4 is 10.9 Å². The van der Waals surface area contributed by atoms with E-state index in [9.17, 15) is 0 Å². The Morgan fingerprint density at radius 2 is 1.73 bits per heavy atom. The van der Waals surface area contributed by atoms with Crippen molar-refractivity contribution in [3.8, 4) is 34.5 Å². The van der Waals surface area contributed by atoms with Gasteiger partial charge in [0.1, 0.15) is 5.75 Å². The number of para-hydroxylation sites is 1. The molecule has 0 spiro atoms. The lowest BCUT2D eigenvalue weighted by Gasteiger charge is -2.07. The summed E-state index contributed by atoms with van der Waals surface area (Å²) in [4.78, 5) is 9.08. The van der Waals surface area contributed by atoms with Crippen LogP contribution in [0.15, 0.2) is 53.1 Å². The van der Waals surface area contributed by atoms with Crippen molar-refractivity contribution in [1.29, 1.82) is 0 Å². The van der Waals surface area contributed by atoms with Crippen molar-refractivity contribution in [1.82, 2.24) is 15.1 Å². The molecule has 0 aliphatic carbocycles. The fourth-order valence-electron chi connectivity index (χ4n) is 2.86. The highest BCUT2D eigenvalue weighted by atomic mass is 16.5. The predicted molar refractivity (Wildman–Crippen MR) is 98.3 cm³/mol. The maximum Gasteiger partial charge on any atom is 0.262 e. The molecule has 0 aliphatic heterocycles. The molecule has 0 N–H and O–H groups in total. The molecule has 2 heterocycles. The molecule has 0 radical (unpaired) electrons. The second kappa shape index (κ2) is 6.48. The van der Waals surface area contributed by atoms with Crippen LogP contribution in [0.1, 0.15) is 5.56 Å². The Kier molecular flexibility index (Phi) is 4.01. The Bertz CT molecular complexity index is 1090. The van der Waals surface area contributed by atoms with Crippen molar-refractivity contribution in [2.45, 2.75) is 6.92 Å². The normalized spacial score (nSPS) is 10.9. The molecule has 4 aromatic rings. The standard InChI is InChI=1S/C20H17N3O3/c1-12-8-9-16-13(10-12)11-15(19(21-16)25-3)18-22-20(26-23-18)14-6-4-5-7-17(14)24-2/h4-11H,1-3H3. The van der Waals surface area contributed by atoms with Crippen LogP contribution in [0.2, 0.25) is 0 Å². The molecular formula is C20H17N3O3. The first-order valence-electron chi connectivity index (χ1n) is 8.12. The van der Waals surface area contributed by atoms with Gasteiger partial charge in [-0.25, -0.2) is 4.98 Å². The first-order chi connectivity index (χ1) is 12.7. The molecule has 0 saturated heterocycles. The van der Waals surface area contributed by atoms with E-state index >= 15 is 0 Å². The van der Waals surface area contributed by atoms with E-state index in [1.54, 1.807) is 14.2 Å². The van der Waals surface area contributed by atoms with Crippen LogP contribution in [0.5, 0.6) is 11.6 Å². The number of nitrogens with zero attached hydrogens (tertiary/aromatic N) is 3. The third kappa shape index (κ3) is 2.75. The van der Waals surface area contributed by atoms with Crippen LogP contribution in [0.4, 0.5) is 0 Å². The second-order valence-electron chi connectivity index (χ2n) is 5.86. The maximum atomic E-state index is 5.46. The molecule has 26 heavy (non-hydrogen) atoms. The summed E-state index contributed by atoms with van der Waals surface area (Å²) in [6.45, 7) is 2.04.